The minimum absolute atomic E-state index is 0.464. The van der Waals surface area contributed by atoms with Gasteiger partial charge in [0.25, 0.3) is 0 Å². The second kappa shape index (κ2) is 7.22. The van der Waals surface area contributed by atoms with Crippen LogP contribution in [-0.2, 0) is 0 Å². The van der Waals surface area contributed by atoms with Crippen LogP contribution in [-0.4, -0.2) is 0 Å². The van der Waals surface area contributed by atoms with Crippen LogP contribution in [0, 0.1) is 55.7 Å². The predicted octanol–water partition coefficient (Wildman–Crippen LogP) is 6.92. The SMILES string of the molecule is Cc1ccc(N(c2ccc(C)cc2F)c2c(F)c(F)c(C)c(F)c2F)c(F)c1. The summed E-state index contributed by atoms with van der Waals surface area (Å²) in [6.45, 7) is 4.02. The quantitative estimate of drug-likeness (QED) is 0.344. The van der Waals surface area contributed by atoms with E-state index in [4.69, 9.17) is 0 Å². The summed E-state index contributed by atoms with van der Waals surface area (Å²) in [5, 5.41) is 0. The molecule has 7 heteroatoms. The Morgan fingerprint density at radius 1 is 0.571 bits per heavy atom. The number of hydrogen-bond donors (Lipinski definition) is 0. The molecule has 0 N–H and O–H groups in total. The highest BCUT2D eigenvalue weighted by molar-refractivity contribution is 5.78. The van der Waals surface area contributed by atoms with Gasteiger partial charge in [0.05, 0.1) is 11.4 Å². The van der Waals surface area contributed by atoms with E-state index in [0.717, 1.165) is 31.2 Å². The largest absolute Gasteiger partial charge is 0.299 e. The Bertz CT molecular complexity index is 996. The lowest BCUT2D eigenvalue weighted by molar-refractivity contribution is 0.447. The Hall–Kier alpha value is -2.96. The van der Waals surface area contributed by atoms with E-state index in [-0.39, 0.29) is 0 Å². The van der Waals surface area contributed by atoms with Gasteiger partial charge in [0.1, 0.15) is 17.3 Å². The van der Waals surface area contributed by atoms with Crippen molar-refractivity contribution in [1.82, 2.24) is 0 Å². The summed E-state index contributed by atoms with van der Waals surface area (Å²) in [5.74, 6) is -8.68. The summed E-state index contributed by atoms with van der Waals surface area (Å²) >= 11 is 0. The number of anilines is 3. The molecule has 0 saturated heterocycles. The van der Waals surface area contributed by atoms with Gasteiger partial charge in [-0.3, -0.25) is 4.90 Å². The van der Waals surface area contributed by atoms with Crippen LogP contribution in [0.5, 0.6) is 0 Å². The monoisotopic (exact) mass is 395 g/mol. The summed E-state index contributed by atoms with van der Waals surface area (Å²) < 4.78 is 86.9. The topological polar surface area (TPSA) is 3.24 Å². The van der Waals surface area contributed by atoms with Crippen LogP contribution in [0.25, 0.3) is 0 Å². The van der Waals surface area contributed by atoms with Crippen molar-refractivity contribution in [1.29, 1.82) is 0 Å². The number of halogens is 6. The second-order valence-electron chi connectivity index (χ2n) is 6.47. The molecule has 0 bridgehead atoms. The number of aryl methyl sites for hydroxylation is 2. The molecule has 0 fully saturated rings. The zero-order valence-corrected chi connectivity index (χ0v) is 15.2. The van der Waals surface area contributed by atoms with Crippen molar-refractivity contribution in [2.45, 2.75) is 20.8 Å². The maximum atomic E-state index is 14.7. The van der Waals surface area contributed by atoms with Gasteiger partial charge in [0, 0.05) is 5.56 Å². The smallest absolute Gasteiger partial charge is 0.186 e. The first-order valence-corrected chi connectivity index (χ1v) is 8.28. The fourth-order valence-electron chi connectivity index (χ4n) is 2.88. The highest BCUT2D eigenvalue weighted by atomic mass is 19.2. The van der Waals surface area contributed by atoms with Crippen molar-refractivity contribution in [3.05, 3.63) is 88.0 Å². The van der Waals surface area contributed by atoms with Crippen molar-refractivity contribution in [2.75, 3.05) is 4.90 Å². The van der Waals surface area contributed by atoms with E-state index >= 15 is 0 Å². The zero-order chi connectivity index (χ0) is 20.7. The van der Waals surface area contributed by atoms with Crippen LogP contribution in [0.2, 0.25) is 0 Å². The number of hydrogen-bond acceptors (Lipinski definition) is 1. The van der Waals surface area contributed by atoms with Gasteiger partial charge >= 0.3 is 0 Å². The van der Waals surface area contributed by atoms with Crippen LogP contribution >= 0.6 is 0 Å². The summed E-state index contributed by atoms with van der Waals surface area (Å²) in [6.07, 6.45) is 0. The first-order valence-electron chi connectivity index (χ1n) is 8.28. The van der Waals surface area contributed by atoms with Crippen LogP contribution in [0.15, 0.2) is 36.4 Å². The molecule has 146 valence electrons. The van der Waals surface area contributed by atoms with Gasteiger partial charge in [-0.05, 0) is 56.2 Å². The molecular formula is C21H15F6N. The fraction of sp³-hybridized carbons (Fsp3) is 0.143. The van der Waals surface area contributed by atoms with Crippen molar-refractivity contribution in [3.63, 3.8) is 0 Å². The Morgan fingerprint density at radius 2 is 0.964 bits per heavy atom. The molecule has 0 radical (unpaired) electrons. The van der Waals surface area contributed by atoms with E-state index < -0.39 is 57.5 Å². The lowest BCUT2D eigenvalue weighted by atomic mass is 10.1. The molecule has 0 aliphatic heterocycles. The van der Waals surface area contributed by atoms with Gasteiger partial charge in [0.15, 0.2) is 23.3 Å². The number of rotatable bonds is 3. The molecule has 0 spiro atoms. The van der Waals surface area contributed by atoms with Gasteiger partial charge in [-0.25, -0.2) is 26.3 Å². The van der Waals surface area contributed by atoms with Gasteiger partial charge in [-0.2, -0.15) is 0 Å². The summed E-state index contributed by atoms with van der Waals surface area (Å²) in [5.41, 5.74) is -2.05. The van der Waals surface area contributed by atoms with Crippen molar-refractivity contribution >= 4 is 17.1 Å². The van der Waals surface area contributed by atoms with E-state index in [1.165, 1.54) is 12.1 Å². The first-order chi connectivity index (χ1) is 13.1. The van der Waals surface area contributed by atoms with Crippen LogP contribution in [0.1, 0.15) is 16.7 Å². The van der Waals surface area contributed by atoms with Gasteiger partial charge in [-0.15, -0.1) is 0 Å². The molecule has 0 amide bonds. The zero-order valence-electron chi connectivity index (χ0n) is 15.2. The Balaban J connectivity index is 2.42. The molecule has 0 heterocycles. The normalized spacial score (nSPS) is 11.0. The van der Waals surface area contributed by atoms with E-state index in [1.54, 1.807) is 13.8 Å². The van der Waals surface area contributed by atoms with E-state index in [9.17, 15) is 26.3 Å². The molecule has 28 heavy (non-hydrogen) atoms. The van der Waals surface area contributed by atoms with Crippen molar-refractivity contribution in [3.8, 4) is 0 Å². The maximum Gasteiger partial charge on any atom is 0.186 e. The Labute approximate surface area is 157 Å². The van der Waals surface area contributed by atoms with E-state index in [0.29, 0.717) is 16.0 Å². The molecule has 1 nitrogen and oxygen atoms in total. The van der Waals surface area contributed by atoms with Gasteiger partial charge in [0.2, 0.25) is 0 Å². The second-order valence-corrected chi connectivity index (χ2v) is 6.47. The molecule has 0 atom stereocenters. The molecule has 3 aromatic rings. The molecule has 3 aromatic carbocycles. The van der Waals surface area contributed by atoms with Crippen LogP contribution < -0.4 is 4.90 Å². The summed E-state index contributed by atoms with van der Waals surface area (Å²) in [7, 11) is 0. The molecule has 0 saturated carbocycles. The van der Waals surface area contributed by atoms with E-state index in [2.05, 4.69) is 0 Å². The molecule has 0 unspecified atom stereocenters. The highest BCUT2D eigenvalue weighted by Gasteiger charge is 2.31. The Kier molecular flexibility index (Phi) is 5.10. The van der Waals surface area contributed by atoms with Crippen LogP contribution in [0.3, 0.4) is 0 Å². The third kappa shape index (κ3) is 3.21. The third-order valence-electron chi connectivity index (χ3n) is 4.37. The molecule has 0 aliphatic rings. The predicted molar refractivity (Wildman–Crippen MR) is 95.1 cm³/mol. The van der Waals surface area contributed by atoms with E-state index in [1.807, 2.05) is 0 Å². The average molecular weight is 395 g/mol. The standard InChI is InChI=1S/C21H15F6N/c1-10-4-6-15(13(22)8-10)28(16-7-5-11(2)9-14(16)23)21-19(26)17(24)12(3)18(25)20(21)27/h4-9H,1-3H3. The molecule has 0 aromatic heterocycles. The minimum atomic E-state index is -1.75. The maximum absolute atomic E-state index is 14.7. The first kappa shape index (κ1) is 19.8. The van der Waals surface area contributed by atoms with Gasteiger partial charge in [-0.1, -0.05) is 12.1 Å². The van der Waals surface area contributed by atoms with Crippen LogP contribution in [0.4, 0.5) is 43.4 Å². The van der Waals surface area contributed by atoms with Crippen molar-refractivity contribution < 1.29 is 26.3 Å². The number of benzene rings is 3. The summed E-state index contributed by atoms with van der Waals surface area (Å²) in [4.78, 5) is 0.500. The summed E-state index contributed by atoms with van der Waals surface area (Å²) in [6, 6.07) is 7.27. The van der Waals surface area contributed by atoms with Gasteiger partial charge < -0.3 is 0 Å². The Morgan fingerprint density at radius 3 is 1.32 bits per heavy atom. The lowest BCUT2D eigenvalue weighted by Crippen LogP contribution is -2.19. The fourth-order valence-corrected chi connectivity index (χ4v) is 2.88. The average Bonchev–Trinajstić information content (AvgIpc) is 2.63. The lowest BCUT2D eigenvalue weighted by Gasteiger charge is -2.27. The van der Waals surface area contributed by atoms with Crippen molar-refractivity contribution in [2.24, 2.45) is 0 Å². The molecular weight excluding hydrogens is 380 g/mol. The highest BCUT2D eigenvalue weighted by Crippen LogP contribution is 2.42. The number of nitrogens with zero attached hydrogens (tertiary/aromatic N) is 1. The molecule has 0 aliphatic carbocycles. The third-order valence-corrected chi connectivity index (χ3v) is 4.37. The minimum Gasteiger partial charge on any atom is -0.299 e. The molecule has 3 rings (SSSR count).